The van der Waals surface area contributed by atoms with Crippen LogP contribution in [-0.4, -0.2) is 29.6 Å². The number of rotatable bonds is 7. The number of primary amides is 1. The molecule has 3 N–H and O–H groups in total. The first-order chi connectivity index (χ1) is 11.7. The molecule has 0 atom stereocenters. The van der Waals surface area contributed by atoms with Crippen LogP contribution >= 0.6 is 11.3 Å². The van der Waals surface area contributed by atoms with Crippen molar-refractivity contribution in [1.29, 1.82) is 0 Å². The van der Waals surface area contributed by atoms with Crippen LogP contribution < -0.4 is 15.8 Å². The van der Waals surface area contributed by atoms with Crippen molar-refractivity contribution in [2.24, 2.45) is 5.73 Å². The van der Waals surface area contributed by atoms with Gasteiger partial charge in [-0.3, -0.25) is 4.79 Å². The monoisotopic (exact) mass is 345 g/mol. The van der Waals surface area contributed by atoms with Crippen LogP contribution in [0.1, 0.15) is 40.9 Å². The molecule has 24 heavy (non-hydrogen) atoms. The Morgan fingerprint density at radius 3 is 2.75 bits per heavy atom. The molecular formula is C18H23N3O2S. The lowest BCUT2D eigenvalue weighted by Crippen LogP contribution is -2.37. The number of hydrogen-bond acceptors (Lipinski definition) is 5. The fourth-order valence-corrected chi connectivity index (χ4v) is 3.71. The standard InChI is InChI=1S/C18H23N3O2S/c19-18(22)13-3-8-17(21-12-13)23-15-6-4-14(5-7-15)20-10-9-16-2-1-11-24-16/h1-3,8,11-12,14-15,20H,4-7,9-10H2,(H2,19,22). The zero-order chi connectivity index (χ0) is 16.8. The number of thiophene rings is 1. The topological polar surface area (TPSA) is 77.2 Å². The molecule has 0 saturated heterocycles. The fraction of sp³-hybridized carbons (Fsp3) is 0.444. The zero-order valence-electron chi connectivity index (χ0n) is 13.6. The molecule has 5 nitrogen and oxygen atoms in total. The SMILES string of the molecule is NC(=O)c1ccc(OC2CCC(NCCc3cccs3)CC2)nc1. The second-order valence-electron chi connectivity index (χ2n) is 6.12. The summed E-state index contributed by atoms with van der Waals surface area (Å²) in [4.78, 5) is 16.6. The van der Waals surface area contributed by atoms with Gasteiger partial charge in [0.2, 0.25) is 11.8 Å². The first-order valence-corrected chi connectivity index (χ1v) is 9.27. The molecule has 0 aromatic carbocycles. The van der Waals surface area contributed by atoms with E-state index in [2.05, 4.69) is 27.8 Å². The summed E-state index contributed by atoms with van der Waals surface area (Å²) in [5.41, 5.74) is 5.61. The van der Waals surface area contributed by atoms with E-state index in [-0.39, 0.29) is 6.10 Å². The largest absolute Gasteiger partial charge is 0.474 e. The lowest BCUT2D eigenvalue weighted by atomic mass is 9.93. The number of carbonyl (C=O) groups is 1. The summed E-state index contributed by atoms with van der Waals surface area (Å²) in [5.74, 6) is 0.0947. The number of nitrogens with two attached hydrogens (primary N) is 1. The molecule has 0 spiro atoms. The maximum absolute atomic E-state index is 11.0. The van der Waals surface area contributed by atoms with Crippen molar-refractivity contribution in [2.75, 3.05) is 6.54 Å². The van der Waals surface area contributed by atoms with Crippen molar-refractivity contribution < 1.29 is 9.53 Å². The predicted octanol–water partition coefficient (Wildman–Crippen LogP) is 2.76. The molecule has 0 unspecified atom stereocenters. The highest BCUT2D eigenvalue weighted by Gasteiger charge is 2.22. The summed E-state index contributed by atoms with van der Waals surface area (Å²) < 4.78 is 5.91. The molecule has 2 heterocycles. The Labute approximate surface area is 146 Å². The second-order valence-corrected chi connectivity index (χ2v) is 7.16. The maximum Gasteiger partial charge on any atom is 0.250 e. The van der Waals surface area contributed by atoms with Gasteiger partial charge in [0.25, 0.3) is 0 Å². The Bertz CT molecular complexity index is 635. The molecule has 6 heteroatoms. The Hall–Kier alpha value is -1.92. The minimum Gasteiger partial charge on any atom is -0.474 e. The first-order valence-electron chi connectivity index (χ1n) is 8.39. The molecule has 1 aliphatic rings. The minimum atomic E-state index is -0.469. The summed E-state index contributed by atoms with van der Waals surface area (Å²) in [6.45, 7) is 1.03. The van der Waals surface area contributed by atoms with Crippen LogP contribution in [-0.2, 0) is 6.42 Å². The lowest BCUT2D eigenvalue weighted by Gasteiger charge is -2.29. The molecule has 2 aromatic heterocycles. The molecule has 128 valence electrons. The Morgan fingerprint density at radius 2 is 2.12 bits per heavy atom. The number of ether oxygens (including phenoxy) is 1. The zero-order valence-corrected chi connectivity index (χ0v) is 14.4. The maximum atomic E-state index is 11.0. The third kappa shape index (κ3) is 4.79. The van der Waals surface area contributed by atoms with Crippen molar-refractivity contribution in [3.05, 3.63) is 46.3 Å². The van der Waals surface area contributed by atoms with Gasteiger partial charge in [-0.05, 0) is 49.6 Å². The highest BCUT2D eigenvalue weighted by atomic mass is 32.1. The van der Waals surface area contributed by atoms with Gasteiger partial charge in [0.15, 0.2) is 0 Å². The van der Waals surface area contributed by atoms with Gasteiger partial charge >= 0.3 is 0 Å². The quantitative estimate of drug-likeness (QED) is 0.809. The van der Waals surface area contributed by atoms with Gasteiger partial charge in [0, 0.05) is 29.7 Å². The van der Waals surface area contributed by atoms with E-state index in [4.69, 9.17) is 10.5 Å². The number of nitrogens with one attached hydrogen (secondary N) is 1. The van der Waals surface area contributed by atoms with E-state index in [9.17, 15) is 4.79 Å². The molecule has 1 amide bonds. The van der Waals surface area contributed by atoms with Crippen LogP contribution in [0, 0.1) is 0 Å². The summed E-state index contributed by atoms with van der Waals surface area (Å²) in [6.07, 6.45) is 7.06. The number of aromatic nitrogens is 1. The van der Waals surface area contributed by atoms with E-state index in [1.165, 1.54) is 11.1 Å². The molecule has 1 fully saturated rings. The van der Waals surface area contributed by atoms with Crippen molar-refractivity contribution in [3.63, 3.8) is 0 Å². The van der Waals surface area contributed by atoms with Gasteiger partial charge in [-0.1, -0.05) is 6.07 Å². The van der Waals surface area contributed by atoms with Gasteiger partial charge in [0.1, 0.15) is 6.10 Å². The van der Waals surface area contributed by atoms with Crippen molar-refractivity contribution >= 4 is 17.2 Å². The number of nitrogens with zero attached hydrogens (tertiary/aromatic N) is 1. The molecule has 3 rings (SSSR count). The van der Waals surface area contributed by atoms with Crippen LogP contribution in [0.3, 0.4) is 0 Å². The highest BCUT2D eigenvalue weighted by molar-refractivity contribution is 7.09. The van der Waals surface area contributed by atoms with Gasteiger partial charge in [-0.2, -0.15) is 0 Å². The van der Waals surface area contributed by atoms with Gasteiger partial charge in [-0.15, -0.1) is 11.3 Å². The summed E-state index contributed by atoms with van der Waals surface area (Å²) >= 11 is 1.82. The number of hydrogen-bond donors (Lipinski definition) is 2. The van der Waals surface area contributed by atoms with Crippen LogP contribution in [0.5, 0.6) is 5.88 Å². The smallest absolute Gasteiger partial charge is 0.250 e. The van der Waals surface area contributed by atoms with E-state index in [0.717, 1.165) is 38.6 Å². The van der Waals surface area contributed by atoms with Crippen LogP contribution in [0.25, 0.3) is 0 Å². The summed E-state index contributed by atoms with van der Waals surface area (Å²) in [6, 6.07) is 8.24. The predicted molar refractivity (Wildman–Crippen MR) is 95.5 cm³/mol. The van der Waals surface area contributed by atoms with Crippen LogP contribution in [0.15, 0.2) is 35.8 Å². The molecular weight excluding hydrogens is 322 g/mol. The Balaban J connectivity index is 1.37. The molecule has 2 aromatic rings. The average Bonchev–Trinajstić information content (AvgIpc) is 3.10. The lowest BCUT2D eigenvalue weighted by molar-refractivity contribution is 0.0999. The summed E-state index contributed by atoms with van der Waals surface area (Å²) in [5, 5.41) is 5.78. The van der Waals surface area contributed by atoms with E-state index >= 15 is 0 Å². The average molecular weight is 345 g/mol. The van der Waals surface area contributed by atoms with Crippen molar-refractivity contribution in [1.82, 2.24) is 10.3 Å². The molecule has 0 radical (unpaired) electrons. The van der Waals surface area contributed by atoms with Gasteiger partial charge in [-0.25, -0.2) is 4.98 Å². The first kappa shape index (κ1) is 16.9. The van der Waals surface area contributed by atoms with Crippen LogP contribution in [0.4, 0.5) is 0 Å². The Morgan fingerprint density at radius 1 is 1.29 bits per heavy atom. The highest BCUT2D eigenvalue weighted by Crippen LogP contribution is 2.23. The van der Waals surface area contributed by atoms with Crippen LogP contribution in [0.2, 0.25) is 0 Å². The molecule has 1 aliphatic carbocycles. The van der Waals surface area contributed by atoms with E-state index in [1.807, 2.05) is 11.3 Å². The number of amides is 1. The Kier molecular flexibility index (Phi) is 5.82. The third-order valence-corrected chi connectivity index (χ3v) is 5.30. The normalized spacial score (nSPS) is 20.7. The third-order valence-electron chi connectivity index (χ3n) is 4.37. The number of carbonyl (C=O) groups excluding carboxylic acids is 1. The van der Waals surface area contributed by atoms with E-state index in [0.29, 0.717) is 17.5 Å². The molecule has 0 aliphatic heterocycles. The van der Waals surface area contributed by atoms with Gasteiger partial charge < -0.3 is 15.8 Å². The van der Waals surface area contributed by atoms with E-state index < -0.39 is 5.91 Å². The van der Waals surface area contributed by atoms with E-state index in [1.54, 1.807) is 12.1 Å². The molecule has 1 saturated carbocycles. The second kappa shape index (κ2) is 8.26. The molecule has 0 bridgehead atoms. The minimum absolute atomic E-state index is 0.201. The van der Waals surface area contributed by atoms with Gasteiger partial charge in [0.05, 0.1) is 5.56 Å². The summed E-state index contributed by atoms with van der Waals surface area (Å²) in [7, 11) is 0. The number of pyridine rings is 1. The van der Waals surface area contributed by atoms with Crippen molar-refractivity contribution in [3.8, 4) is 5.88 Å². The van der Waals surface area contributed by atoms with Crippen molar-refractivity contribution in [2.45, 2.75) is 44.2 Å². The fourth-order valence-electron chi connectivity index (χ4n) is 3.01.